The number of fused-ring (bicyclic) bond motifs is 7. The molecule has 5 fully saturated rings. The molecule has 50 heavy (non-hydrogen) atoms. The highest BCUT2D eigenvalue weighted by molar-refractivity contribution is 5.70. The summed E-state index contributed by atoms with van der Waals surface area (Å²) in [6.07, 6.45) is 11.8. The molecule has 0 unspecified atom stereocenters. The fourth-order valence-electron chi connectivity index (χ4n) is 13.4. The van der Waals surface area contributed by atoms with E-state index in [1.165, 1.54) is 18.4 Å². The summed E-state index contributed by atoms with van der Waals surface area (Å²) < 4.78 is 12.7. The van der Waals surface area contributed by atoms with Crippen LogP contribution in [0.5, 0.6) is 0 Å². The number of carboxylic acids is 2. The summed E-state index contributed by atoms with van der Waals surface area (Å²) in [6.45, 7) is 21.3. The van der Waals surface area contributed by atoms with E-state index in [1.807, 2.05) is 0 Å². The van der Waals surface area contributed by atoms with Gasteiger partial charge in [0.15, 0.2) is 0 Å². The molecule has 0 aromatic carbocycles. The third kappa shape index (κ3) is 6.68. The minimum Gasteiger partial charge on any atom is -0.481 e. The number of esters is 2. The summed E-state index contributed by atoms with van der Waals surface area (Å²) >= 11 is 0. The molecular formula is C42H66O8. The van der Waals surface area contributed by atoms with Crippen LogP contribution in [0.25, 0.3) is 0 Å². The molecule has 282 valence electrons. The van der Waals surface area contributed by atoms with E-state index in [9.17, 15) is 19.2 Å². The first-order valence-electron chi connectivity index (χ1n) is 19.8. The Labute approximate surface area is 300 Å². The topological polar surface area (TPSA) is 127 Å². The van der Waals surface area contributed by atoms with Gasteiger partial charge in [0.05, 0.1) is 0 Å². The number of hydrogen-bond acceptors (Lipinski definition) is 6. The molecule has 0 spiro atoms. The van der Waals surface area contributed by atoms with E-state index in [1.54, 1.807) is 0 Å². The second-order valence-electron chi connectivity index (χ2n) is 18.9. The van der Waals surface area contributed by atoms with E-state index in [-0.39, 0.29) is 76.9 Å². The second-order valence-corrected chi connectivity index (χ2v) is 18.9. The van der Waals surface area contributed by atoms with Crippen LogP contribution in [0.2, 0.25) is 0 Å². The second kappa shape index (κ2) is 14.2. The van der Waals surface area contributed by atoms with Gasteiger partial charge in [0.2, 0.25) is 0 Å². The standard InChI is InChI=1S/C42H66O8/c1-26(2)27-19-22-40(6)32(50-36(48)16-12-10-14-34(45)46)25-42(8)28(37(27)40)17-18-30-39(5)23-21-31(49-35(47)15-11-9-13-33(43)44)38(3,4)29(39)20-24-41(30,42)7/h27-32,37H,1,9-25H2,2-8H3,(H,43,44)(H,45,46)/t27-,28+,29-,30+,31-,32-,37+,39-,40+,41+,42+/m0/s1. The molecule has 5 saturated carbocycles. The average Bonchev–Trinajstić information content (AvgIpc) is 3.38. The van der Waals surface area contributed by atoms with Gasteiger partial charge >= 0.3 is 23.9 Å². The third-order valence-electron chi connectivity index (χ3n) is 16.1. The number of hydrogen-bond donors (Lipinski definition) is 2. The molecule has 0 radical (unpaired) electrons. The molecule has 0 aliphatic heterocycles. The Kier molecular flexibility index (Phi) is 11.0. The zero-order valence-corrected chi connectivity index (χ0v) is 32.1. The van der Waals surface area contributed by atoms with E-state index in [2.05, 4.69) is 55.0 Å². The number of carbonyl (C=O) groups is 4. The minimum absolute atomic E-state index is 0.0240. The number of ether oxygens (including phenoxy) is 2. The van der Waals surface area contributed by atoms with Crippen molar-refractivity contribution in [1.29, 1.82) is 0 Å². The van der Waals surface area contributed by atoms with Crippen LogP contribution in [0.4, 0.5) is 0 Å². The summed E-state index contributed by atoms with van der Waals surface area (Å²) in [5.41, 5.74) is 1.09. The van der Waals surface area contributed by atoms with Crippen molar-refractivity contribution in [3.8, 4) is 0 Å². The van der Waals surface area contributed by atoms with E-state index in [0.717, 1.165) is 44.9 Å². The van der Waals surface area contributed by atoms with Gasteiger partial charge in [0.25, 0.3) is 0 Å². The lowest BCUT2D eigenvalue weighted by atomic mass is 9.32. The van der Waals surface area contributed by atoms with E-state index >= 15 is 0 Å². The van der Waals surface area contributed by atoms with Crippen molar-refractivity contribution in [2.24, 2.45) is 56.7 Å². The molecule has 5 aliphatic carbocycles. The molecule has 5 rings (SSSR count). The van der Waals surface area contributed by atoms with E-state index < -0.39 is 11.9 Å². The van der Waals surface area contributed by atoms with Crippen molar-refractivity contribution in [3.63, 3.8) is 0 Å². The lowest BCUT2D eigenvalue weighted by Crippen LogP contribution is -2.68. The Morgan fingerprint density at radius 3 is 1.74 bits per heavy atom. The summed E-state index contributed by atoms with van der Waals surface area (Å²) in [5.74, 6) is 0.209. The molecular weight excluding hydrogens is 632 g/mol. The molecule has 2 N–H and O–H groups in total. The van der Waals surface area contributed by atoms with Gasteiger partial charge in [-0.2, -0.15) is 0 Å². The fraction of sp³-hybridized carbons (Fsp3) is 0.857. The van der Waals surface area contributed by atoms with Gasteiger partial charge in [0.1, 0.15) is 12.2 Å². The Bertz CT molecular complexity index is 1340. The van der Waals surface area contributed by atoms with Crippen LogP contribution < -0.4 is 0 Å². The number of rotatable bonds is 13. The maximum atomic E-state index is 13.4. The zero-order chi connectivity index (χ0) is 36.9. The van der Waals surface area contributed by atoms with Gasteiger partial charge in [-0.15, -0.1) is 0 Å². The van der Waals surface area contributed by atoms with Crippen LogP contribution in [-0.2, 0) is 28.7 Å². The van der Waals surface area contributed by atoms with Crippen LogP contribution in [-0.4, -0.2) is 46.3 Å². The van der Waals surface area contributed by atoms with Crippen molar-refractivity contribution in [1.82, 2.24) is 0 Å². The van der Waals surface area contributed by atoms with Gasteiger partial charge in [-0.25, -0.2) is 0 Å². The molecule has 0 bridgehead atoms. The summed E-state index contributed by atoms with van der Waals surface area (Å²) in [5, 5.41) is 18.0. The summed E-state index contributed by atoms with van der Waals surface area (Å²) in [6, 6.07) is 0. The minimum atomic E-state index is -0.833. The van der Waals surface area contributed by atoms with Crippen molar-refractivity contribution in [3.05, 3.63) is 12.2 Å². The molecule has 0 aromatic heterocycles. The van der Waals surface area contributed by atoms with Crippen molar-refractivity contribution in [2.75, 3.05) is 0 Å². The quantitative estimate of drug-likeness (QED) is 0.111. The molecule has 0 amide bonds. The molecule has 11 atom stereocenters. The predicted molar refractivity (Wildman–Crippen MR) is 192 cm³/mol. The molecule has 5 aliphatic rings. The van der Waals surface area contributed by atoms with Crippen LogP contribution in [0.1, 0.15) is 158 Å². The SMILES string of the molecule is C=C(C)[C@@H]1CC[C@@]2(C)[C@H]1[C@H]1CC[C@@H]3[C@@]4(C)CC[C@H](OC(=O)CCCCC(=O)O)C(C)(C)[C@@H]4CC[C@@]3(C)[C@]1(C)C[C@@H]2OC(=O)CCCCC(=O)O. The Morgan fingerprint density at radius 1 is 0.640 bits per heavy atom. The average molecular weight is 699 g/mol. The number of carboxylic acid groups (broad SMARTS) is 2. The molecule has 0 aromatic rings. The lowest BCUT2D eigenvalue weighted by molar-refractivity contribution is -0.265. The third-order valence-corrected chi connectivity index (χ3v) is 16.1. The van der Waals surface area contributed by atoms with Gasteiger partial charge < -0.3 is 19.7 Å². The van der Waals surface area contributed by atoms with Gasteiger partial charge in [-0.05, 0) is 136 Å². The molecule has 0 saturated heterocycles. The van der Waals surface area contributed by atoms with Crippen LogP contribution >= 0.6 is 0 Å². The maximum Gasteiger partial charge on any atom is 0.306 e. The Hall–Kier alpha value is -2.38. The molecule has 8 heteroatoms. The largest absolute Gasteiger partial charge is 0.481 e. The zero-order valence-electron chi connectivity index (χ0n) is 32.1. The highest BCUT2D eigenvalue weighted by atomic mass is 16.5. The van der Waals surface area contributed by atoms with Gasteiger partial charge in [0, 0.05) is 36.5 Å². The van der Waals surface area contributed by atoms with E-state index in [0.29, 0.717) is 55.3 Å². The van der Waals surface area contributed by atoms with Crippen LogP contribution in [0, 0.1) is 56.7 Å². The first kappa shape index (κ1) is 38.8. The number of allylic oxidation sites excluding steroid dienone is 1. The maximum absolute atomic E-state index is 13.4. The smallest absolute Gasteiger partial charge is 0.306 e. The predicted octanol–water partition coefficient (Wildman–Crippen LogP) is 9.39. The number of unbranched alkanes of at least 4 members (excludes halogenated alkanes) is 2. The van der Waals surface area contributed by atoms with Crippen LogP contribution in [0.15, 0.2) is 12.2 Å². The molecule has 0 heterocycles. The highest BCUT2D eigenvalue weighted by Gasteiger charge is 2.72. The number of carbonyl (C=O) groups excluding carboxylic acids is 2. The first-order valence-corrected chi connectivity index (χ1v) is 19.8. The normalized spacial score (nSPS) is 41.5. The summed E-state index contributed by atoms with van der Waals surface area (Å²) in [4.78, 5) is 48.3. The highest BCUT2D eigenvalue weighted by Crippen LogP contribution is 2.77. The van der Waals surface area contributed by atoms with Gasteiger partial charge in [-0.3, -0.25) is 19.2 Å². The number of aliphatic carboxylic acids is 2. The van der Waals surface area contributed by atoms with Gasteiger partial charge in [-0.1, -0.05) is 53.7 Å². The fourth-order valence-corrected chi connectivity index (χ4v) is 13.4. The van der Waals surface area contributed by atoms with Crippen molar-refractivity contribution >= 4 is 23.9 Å². The van der Waals surface area contributed by atoms with Crippen molar-refractivity contribution in [2.45, 2.75) is 170 Å². The summed E-state index contributed by atoms with van der Waals surface area (Å²) in [7, 11) is 0. The molecule has 8 nitrogen and oxygen atoms in total. The monoisotopic (exact) mass is 698 g/mol. The lowest BCUT2D eigenvalue weighted by Gasteiger charge is -2.73. The van der Waals surface area contributed by atoms with E-state index in [4.69, 9.17) is 19.7 Å². The Morgan fingerprint density at radius 2 is 1.18 bits per heavy atom. The first-order chi connectivity index (χ1) is 23.3. The van der Waals surface area contributed by atoms with Crippen LogP contribution in [0.3, 0.4) is 0 Å². The van der Waals surface area contributed by atoms with Crippen molar-refractivity contribution < 1.29 is 38.9 Å². The Balaban J connectivity index is 1.38.